The Morgan fingerprint density at radius 2 is 1.51 bits per heavy atom. The van der Waals surface area contributed by atoms with Gasteiger partial charge in [-0.2, -0.15) is 12.6 Å². The predicted molar refractivity (Wildman–Crippen MR) is 145 cm³/mol. The van der Waals surface area contributed by atoms with Gasteiger partial charge >= 0.3 is 6.09 Å². The van der Waals surface area contributed by atoms with Gasteiger partial charge in [-0.15, -0.1) is 0 Å². The van der Waals surface area contributed by atoms with E-state index in [0.717, 1.165) is 12.0 Å². The SMILES string of the molecule is CCc1ccc(C(C(=O)NC(C)(C)C)N(C(=O)C(CS)NC(=O)OC(C)(C)C)C(C)(C)CC)cc1. The second-order valence-corrected chi connectivity index (χ2v) is 11.9. The molecular formula is C27H45N3O4S. The maximum Gasteiger partial charge on any atom is 0.408 e. The lowest BCUT2D eigenvalue weighted by Gasteiger charge is -2.45. The summed E-state index contributed by atoms with van der Waals surface area (Å²) in [6, 6.07) is 5.88. The Labute approximate surface area is 217 Å². The summed E-state index contributed by atoms with van der Waals surface area (Å²) in [4.78, 5) is 41.8. The number of aryl methyl sites for hydroxylation is 1. The lowest BCUT2D eigenvalue weighted by atomic mass is 9.91. The fraction of sp³-hybridized carbons (Fsp3) is 0.667. The summed E-state index contributed by atoms with van der Waals surface area (Å²) in [7, 11) is 0. The number of carbonyl (C=O) groups is 3. The van der Waals surface area contributed by atoms with Gasteiger partial charge in [0.25, 0.3) is 0 Å². The van der Waals surface area contributed by atoms with Crippen LogP contribution in [0.15, 0.2) is 24.3 Å². The molecule has 1 aromatic rings. The molecule has 0 aliphatic rings. The van der Waals surface area contributed by atoms with Crippen molar-refractivity contribution in [2.24, 2.45) is 0 Å². The molecule has 0 aliphatic heterocycles. The minimum atomic E-state index is -0.973. The molecule has 0 saturated heterocycles. The second kappa shape index (κ2) is 12.2. The standard InChI is InChI=1S/C27H45N3O4S/c1-11-18-13-15-19(16-14-18)21(22(31)29-25(3,4)5)30(27(9,10)12-2)23(32)20(17-35)28-24(33)34-26(6,7)8/h13-16,20-21,35H,11-12,17H2,1-10H3,(H,28,33)(H,29,31). The molecule has 0 spiro atoms. The molecule has 0 aromatic heterocycles. The van der Waals surface area contributed by atoms with E-state index in [0.29, 0.717) is 12.0 Å². The number of nitrogens with one attached hydrogen (secondary N) is 2. The van der Waals surface area contributed by atoms with E-state index in [4.69, 9.17) is 4.74 Å². The number of rotatable bonds is 9. The molecule has 2 unspecified atom stereocenters. The molecule has 3 amide bonds. The molecule has 0 bridgehead atoms. The van der Waals surface area contributed by atoms with Gasteiger partial charge in [0, 0.05) is 16.8 Å². The van der Waals surface area contributed by atoms with E-state index in [1.54, 1.807) is 25.7 Å². The van der Waals surface area contributed by atoms with Crippen LogP contribution in [0.5, 0.6) is 0 Å². The van der Waals surface area contributed by atoms with E-state index in [9.17, 15) is 14.4 Å². The molecule has 198 valence electrons. The number of nitrogens with zero attached hydrogens (tertiary/aromatic N) is 1. The van der Waals surface area contributed by atoms with Crippen LogP contribution in [0.25, 0.3) is 0 Å². The lowest BCUT2D eigenvalue weighted by molar-refractivity contribution is -0.149. The lowest BCUT2D eigenvalue weighted by Crippen LogP contribution is -2.60. The molecule has 2 N–H and O–H groups in total. The van der Waals surface area contributed by atoms with E-state index < -0.39 is 40.8 Å². The van der Waals surface area contributed by atoms with Crippen LogP contribution in [0.4, 0.5) is 4.79 Å². The zero-order valence-corrected chi connectivity index (χ0v) is 24.0. The van der Waals surface area contributed by atoms with Crippen LogP contribution in [0.2, 0.25) is 0 Å². The van der Waals surface area contributed by atoms with E-state index in [2.05, 4.69) is 30.2 Å². The van der Waals surface area contributed by atoms with Gasteiger partial charge in [0.1, 0.15) is 17.7 Å². The van der Waals surface area contributed by atoms with Crippen molar-refractivity contribution in [3.05, 3.63) is 35.4 Å². The third-order valence-electron chi connectivity index (χ3n) is 5.63. The van der Waals surface area contributed by atoms with Crippen molar-refractivity contribution in [3.63, 3.8) is 0 Å². The Balaban J connectivity index is 3.58. The Kier molecular flexibility index (Phi) is 10.7. The monoisotopic (exact) mass is 507 g/mol. The van der Waals surface area contributed by atoms with Gasteiger partial charge in [0.05, 0.1) is 0 Å². The number of hydrogen-bond donors (Lipinski definition) is 3. The van der Waals surface area contributed by atoms with Gasteiger partial charge in [-0.3, -0.25) is 9.59 Å². The number of amides is 3. The van der Waals surface area contributed by atoms with Gasteiger partial charge in [-0.1, -0.05) is 38.1 Å². The van der Waals surface area contributed by atoms with Gasteiger partial charge in [-0.05, 0) is 79.4 Å². The zero-order chi connectivity index (χ0) is 27.2. The summed E-state index contributed by atoms with van der Waals surface area (Å²) in [6.07, 6.45) is 0.753. The molecule has 0 saturated carbocycles. The quantitative estimate of drug-likeness (QED) is 0.409. The van der Waals surface area contributed by atoms with E-state index in [1.807, 2.05) is 65.8 Å². The summed E-state index contributed by atoms with van der Waals surface area (Å²) in [5, 5.41) is 5.69. The molecular weight excluding hydrogens is 462 g/mol. The molecule has 35 heavy (non-hydrogen) atoms. The molecule has 0 aliphatic carbocycles. The molecule has 2 atom stereocenters. The summed E-state index contributed by atoms with van der Waals surface area (Å²) >= 11 is 4.34. The Bertz CT molecular complexity index is 870. The maximum atomic E-state index is 14.0. The van der Waals surface area contributed by atoms with Crippen LogP contribution in [0.1, 0.15) is 92.8 Å². The van der Waals surface area contributed by atoms with E-state index in [-0.39, 0.29) is 11.7 Å². The molecule has 7 nitrogen and oxygen atoms in total. The van der Waals surface area contributed by atoms with Gasteiger partial charge in [0.2, 0.25) is 11.8 Å². The second-order valence-electron chi connectivity index (χ2n) is 11.5. The first-order valence-corrected chi connectivity index (χ1v) is 12.9. The molecule has 0 fully saturated rings. The van der Waals surface area contributed by atoms with Crippen molar-refractivity contribution in [1.82, 2.24) is 15.5 Å². The molecule has 1 aromatic carbocycles. The highest BCUT2D eigenvalue weighted by molar-refractivity contribution is 7.80. The highest BCUT2D eigenvalue weighted by Gasteiger charge is 2.43. The van der Waals surface area contributed by atoms with Crippen molar-refractivity contribution in [2.45, 2.75) is 111 Å². The van der Waals surface area contributed by atoms with Gasteiger partial charge in [0.15, 0.2) is 0 Å². The van der Waals surface area contributed by atoms with Gasteiger partial charge in [-0.25, -0.2) is 4.79 Å². The average molecular weight is 508 g/mol. The summed E-state index contributed by atoms with van der Waals surface area (Å²) in [5.74, 6) is -0.630. The zero-order valence-electron chi connectivity index (χ0n) is 23.1. The fourth-order valence-electron chi connectivity index (χ4n) is 3.54. The van der Waals surface area contributed by atoms with Crippen LogP contribution < -0.4 is 10.6 Å². The van der Waals surface area contributed by atoms with Crippen molar-refractivity contribution in [2.75, 3.05) is 5.75 Å². The summed E-state index contributed by atoms with van der Waals surface area (Å²) < 4.78 is 5.36. The van der Waals surface area contributed by atoms with Crippen LogP contribution in [-0.2, 0) is 20.7 Å². The number of benzene rings is 1. The number of ether oxygens (including phenoxy) is 1. The average Bonchev–Trinajstić information content (AvgIpc) is 2.72. The van der Waals surface area contributed by atoms with Crippen molar-refractivity contribution in [3.8, 4) is 0 Å². The first-order chi connectivity index (χ1) is 16.0. The highest BCUT2D eigenvalue weighted by atomic mass is 32.1. The minimum absolute atomic E-state index is 0.0523. The normalized spacial score (nSPS) is 14.0. The topological polar surface area (TPSA) is 87.7 Å². The van der Waals surface area contributed by atoms with Crippen LogP contribution >= 0.6 is 12.6 Å². The fourth-order valence-corrected chi connectivity index (χ4v) is 3.79. The molecule has 1 rings (SSSR count). The summed E-state index contributed by atoms with van der Waals surface area (Å²) in [5.41, 5.74) is -0.0731. The molecule has 8 heteroatoms. The van der Waals surface area contributed by atoms with E-state index >= 15 is 0 Å². The van der Waals surface area contributed by atoms with E-state index in [1.165, 1.54) is 0 Å². The third-order valence-corrected chi connectivity index (χ3v) is 6.00. The Morgan fingerprint density at radius 1 is 0.971 bits per heavy atom. The highest BCUT2D eigenvalue weighted by Crippen LogP contribution is 2.33. The smallest absolute Gasteiger partial charge is 0.408 e. The first kappa shape index (κ1) is 30.8. The number of thiol groups is 1. The Morgan fingerprint density at radius 3 is 1.91 bits per heavy atom. The largest absolute Gasteiger partial charge is 0.444 e. The third kappa shape index (κ3) is 9.39. The summed E-state index contributed by atoms with van der Waals surface area (Å²) in [6.45, 7) is 18.8. The number of carbonyl (C=O) groups excluding carboxylic acids is 3. The van der Waals surface area contributed by atoms with Crippen molar-refractivity contribution < 1.29 is 19.1 Å². The number of alkyl carbamates (subject to hydrolysis) is 1. The molecule has 0 radical (unpaired) electrons. The molecule has 0 heterocycles. The Hall–Kier alpha value is -2.22. The van der Waals surface area contributed by atoms with Crippen LogP contribution in [0.3, 0.4) is 0 Å². The number of hydrogen-bond acceptors (Lipinski definition) is 5. The van der Waals surface area contributed by atoms with Crippen molar-refractivity contribution >= 4 is 30.5 Å². The minimum Gasteiger partial charge on any atom is -0.444 e. The maximum absolute atomic E-state index is 14.0. The van der Waals surface area contributed by atoms with Crippen molar-refractivity contribution in [1.29, 1.82) is 0 Å². The predicted octanol–water partition coefficient (Wildman–Crippen LogP) is 5.05. The van der Waals surface area contributed by atoms with Crippen LogP contribution in [-0.4, -0.2) is 51.3 Å². The van der Waals surface area contributed by atoms with Gasteiger partial charge < -0.3 is 20.3 Å². The van der Waals surface area contributed by atoms with Crippen LogP contribution in [0, 0.1) is 0 Å². The first-order valence-electron chi connectivity index (χ1n) is 12.3.